The van der Waals surface area contributed by atoms with Gasteiger partial charge >= 0.3 is 0 Å². The molecule has 2 aliphatic heterocycles. The molecule has 0 spiro atoms. The van der Waals surface area contributed by atoms with E-state index in [1.807, 2.05) is 18.2 Å². The van der Waals surface area contributed by atoms with Crippen molar-refractivity contribution in [2.75, 3.05) is 46.5 Å². The van der Waals surface area contributed by atoms with Crippen LogP contribution in [0.15, 0.2) is 53.4 Å². The molecule has 2 aromatic rings. The van der Waals surface area contributed by atoms with Gasteiger partial charge < -0.3 is 14.4 Å². The topological polar surface area (TPSA) is 76.2 Å². The highest BCUT2D eigenvalue weighted by Gasteiger charge is 2.31. The Morgan fingerprint density at radius 1 is 1.03 bits per heavy atom. The molecule has 32 heavy (non-hydrogen) atoms. The minimum absolute atomic E-state index is 0.136. The monoisotopic (exact) mass is 458 g/mol. The first-order valence-electron chi connectivity index (χ1n) is 11.1. The molecule has 0 unspecified atom stereocenters. The third-order valence-corrected chi connectivity index (χ3v) is 8.17. The number of carbonyl (C=O) groups excluding carboxylic acids is 1. The quantitative estimate of drug-likeness (QED) is 0.665. The van der Waals surface area contributed by atoms with Gasteiger partial charge in [-0.15, -0.1) is 0 Å². The average Bonchev–Trinajstić information content (AvgIpc) is 2.84. The lowest BCUT2D eigenvalue weighted by Crippen LogP contribution is -2.41. The molecule has 0 atom stereocenters. The van der Waals surface area contributed by atoms with Crippen LogP contribution in [-0.4, -0.2) is 70.0 Å². The number of ether oxygens (including phenoxy) is 2. The van der Waals surface area contributed by atoms with Gasteiger partial charge in [-0.05, 0) is 48.9 Å². The molecule has 0 saturated carbocycles. The van der Waals surface area contributed by atoms with Crippen LogP contribution in [0.25, 0.3) is 0 Å². The van der Waals surface area contributed by atoms with Crippen molar-refractivity contribution in [1.29, 1.82) is 0 Å². The second-order valence-electron chi connectivity index (χ2n) is 8.30. The average molecular weight is 459 g/mol. The molecule has 8 heteroatoms. The van der Waals surface area contributed by atoms with Gasteiger partial charge in [0, 0.05) is 26.2 Å². The number of morpholine rings is 1. The Balaban J connectivity index is 1.48. The maximum absolute atomic E-state index is 13.3. The number of rotatable bonds is 6. The lowest BCUT2D eigenvalue weighted by Gasteiger charge is -2.31. The van der Waals surface area contributed by atoms with Crippen molar-refractivity contribution in [3.8, 4) is 5.75 Å². The number of piperidine rings is 1. The maximum Gasteiger partial charge on any atom is 0.257 e. The first kappa shape index (κ1) is 22.8. The third-order valence-electron chi connectivity index (χ3n) is 6.28. The summed E-state index contributed by atoms with van der Waals surface area (Å²) in [6, 6.07) is 14.9. The van der Waals surface area contributed by atoms with Gasteiger partial charge in [-0.3, -0.25) is 4.79 Å². The molecular weight excluding hydrogens is 428 g/mol. The Morgan fingerprint density at radius 3 is 2.38 bits per heavy atom. The predicted molar refractivity (Wildman–Crippen MR) is 121 cm³/mol. The zero-order chi connectivity index (χ0) is 22.6. The van der Waals surface area contributed by atoms with Crippen molar-refractivity contribution in [3.63, 3.8) is 0 Å². The van der Waals surface area contributed by atoms with Gasteiger partial charge in [-0.1, -0.05) is 30.3 Å². The summed E-state index contributed by atoms with van der Waals surface area (Å²) >= 11 is 0. The van der Waals surface area contributed by atoms with Crippen LogP contribution in [0.5, 0.6) is 5.75 Å². The van der Waals surface area contributed by atoms with Crippen LogP contribution < -0.4 is 4.74 Å². The van der Waals surface area contributed by atoms with E-state index in [-0.39, 0.29) is 16.4 Å². The Labute approximate surface area is 190 Å². The molecule has 0 bridgehead atoms. The minimum Gasteiger partial charge on any atom is -0.496 e. The maximum atomic E-state index is 13.3. The largest absolute Gasteiger partial charge is 0.496 e. The zero-order valence-corrected chi connectivity index (χ0v) is 19.2. The van der Waals surface area contributed by atoms with E-state index in [9.17, 15) is 13.2 Å². The van der Waals surface area contributed by atoms with Crippen LogP contribution in [0.2, 0.25) is 0 Å². The Hall–Kier alpha value is -2.42. The second kappa shape index (κ2) is 10.0. The molecule has 4 rings (SSSR count). The molecular formula is C24H30N2O5S. The summed E-state index contributed by atoms with van der Waals surface area (Å²) in [5, 5.41) is 0. The van der Waals surface area contributed by atoms with E-state index in [0.29, 0.717) is 51.1 Å². The van der Waals surface area contributed by atoms with Gasteiger partial charge in [-0.2, -0.15) is 4.31 Å². The normalized spacial score (nSPS) is 18.5. The summed E-state index contributed by atoms with van der Waals surface area (Å²) in [5.74, 6) is 0.615. The fourth-order valence-corrected chi connectivity index (χ4v) is 5.90. The van der Waals surface area contributed by atoms with E-state index >= 15 is 0 Å². The minimum atomic E-state index is -3.69. The Kier molecular flexibility index (Phi) is 7.13. The second-order valence-corrected chi connectivity index (χ2v) is 10.2. The first-order valence-corrected chi connectivity index (χ1v) is 12.5. The lowest BCUT2D eigenvalue weighted by molar-refractivity contribution is 0.0300. The summed E-state index contributed by atoms with van der Waals surface area (Å²) in [7, 11) is -2.20. The highest BCUT2D eigenvalue weighted by molar-refractivity contribution is 7.89. The van der Waals surface area contributed by atoms with Crippen molar-refractivity contribution in [2.24, 2.45) is 5.92 Å². The highest BCUT2D eigenvalue weighted by Crippen LogP contribution is 2.29. The van der Waals surface area contributed by atoms with Crippen LogP contribution in [0.4, 0.5) is 0 Å². The molecule has 172 valence electrons. The molecule has 2 aromatic carbocycles. The van der Waals surface area contributed by atoms with E-state index in [1.165, 1.54) is 24.8 Å². The zero-order valence-electron chi connectivity index (χ0n) is 18.4. The number of sulfonamides is 1. The van der Waals surface area contributed by atoms with Gasteiger partial charge in [0.05, 0.1) is 30.8 Å². The molecule has 7 nitrogen and oxygen atoms in total. The van der Waals surface area contributed by atoms with Crippen molar-refractivity contribution < 1.29 is 22.7 Å². The number of hydrogen-bond acceptors (Lipinski definition) is 5. The van der Waals surface area contributed by atoms with Crippen molar-refractivity contribution >= 4 is 15.9 Å². The standard InChI is InChI=1S/C24H30N2O5S/c1-30-23-8-7-21(18-22(23)24(27)25-13-15-31-16-14-25)32(28,29)26-11-9-20(10-12-26)17-19-5-3-2-4-6-19/h2-8,18,20H,9-17H2,1H3. The van der Waals surface area contributed by atoms with Gasteiger partial charge in [0.1, 0.15) is 5.75 Å². The van der Waals surface area contributed by atoms with E-state index < -0.39 is 10.0 Å². The molecule has 0 aromatic heterocycles. The summed E-state index contributed by atoms with van der Waals surface area (Å²) in [4.78, 5) is 14.8. The van der Waals surface area contributed by atoms with Gasteiger partial charge in [0.15, 0.2) is 0 Å². The van der Waals surface area contributed by atoms with E-state index in [1.54, 1.807) is 15.3 Å². The number of hydrogen-bond donors (Lipinski definition) is 0. The molecule has 0 aliphatic carbocycles. The molecule has 2 heterocycles. The molecule has 0 radical (unpaired) electrons. The summed E-state index contributed by atoms with van der Waals surface area (Å²) in [6.45, 7) is 2.88. The number of nitrogens with zero attached hydrogens (tertiary/aromatic N) is 2. The number of amides is 1. The smallest absolute Gasteiger partial charge is 0.257 e. The number of methoxy groups -OCH3 is 1. The van der Waals surface area contributed by atoms with Crippen molar-refractivity contribution in [3.05, 3.63) is 59.7 Å². The fourth-order valence-electron chi connectivity index (χ4n) is 4.40. The van der Waals surface area contributed by atoms with Crippen molar-refractivity contribution in [2.45, 2.75) is 24.2 Å². The summed E-state index contributed by atoms with van der Waals surface area (Å²) in [6.07, 6.45) is 2.61. The van der Waals surface area contributed by atoms with Crippen LogP contribution in [0.3, 0.4) is 0 Å². The molecule has 2 fully saturated rings. The SMILES string of the molecule is COc1ccc(S(=O)(=O)N2CCC(Cc3ccccc3)CC2)cc1C(=O)N1CCOCC1. The first-order chi connectivity index (χ1) is 15.5. The van der Waals surface area contributed by atoms with Crippen LogP contribution >= 0.6 is 0 Å². The van der Waals surface area contributed by atoms with Crippen LogP contribution in [-0.2, 0) is 21.2 Å². The summed E-state index contributed by atoms with van der Waals surface area (Å²) in [5.41, 5.74) is 1.56. The predicted octanol–water partition coefficient (Wildman–Crippen LogP) is 2.81. The summed E-state index contributed by atoms with van der Waals surface area (Å²) < 4.78 is 38.9. The third kappa shape index (κ3) is 4.98. The molecule has 0 N–H and O–H groups in total. The van der Waals surface area contributed by atoms with Gasteiger partial charge in [0.25, 0.3) is 5.91 Å². The highest BCUT2D eigenvalue weighted by atomic mass is 32.2. The fraction of sp³-hybridized carbons (Fsp3) is 0.458. The van der Waals surface area contributed by atoms with E-state index in [2.05, 4.69) is 12.1 Å². The number of benzene rings is 2. The van der Waals surface area contributed by atoms with E-state index in [0.717, 1.165) is 19.3 Å². The number of carbonyl (C=O) groups is 1. The Morgan fingerprint density at radius 2 is 1.72 bits per heavy atom. The van der Waals surface area contributed by atoms with Gasteiger partial charge in [0.2, 0.25) is 10.0 Å². The van der Waals surface area contributed by atoms with Gasteiger partial charge in [-0.25, -0.2) is 8.42 Å². The van der Waals surface area contributed by atoms with E-state index in [4.69, 9.17) is 9.47 Å². The lowest BCUT2D eigenvalue weighted by atomic mass is 9.91. The molecule has 2 saturated heterocycles. The molecule has 1 amide bonds. The molecule has 2 aliphatic rings. The van der Waals surface area contributed by atoms with Crippen LogP contribution in [0.1, 0.15) is 28.8 Å². The van der Waals surface area contributed by atoms with Crippen LogP contribution in [0, 0.1) is 5.92 Å². The Bertz CT molecular complexity index is 1030. The van der Waals surface area contributed by atoms with Crippen molar-refractivity contribution in [1.82, 2.24) is 9.21 Å².